The Morgan fingerprint density at radius 3 is 2.22 bits per heavy atom. The lowest BCUT2D eigenvalue weighted by Crippen LogP contribution is -2.46. The Balaban J connectivity index is 2.38. The zero-order chi connectivity index (χ0) is 17.6. The summed E-state index contributed by atoms with van der Waals surface area (Å²) in [6, 6.07) is 1.43. The van der Waals surface area contributed by atoms with E-state index in [1.54, 1.807) is 0 Å². The Morgan fingerprint density at radius 1 is 1.26 bits per heavy atom. The van der Waals surface area contributed by atoms with E-state index in [4.69, 9.17) is 27.9 Å². The van der Waals surface area contributed by atoms with Crippen LogP contribution < -0.4 is 10.4 Å². The van der Waals surface area contributed by atoms with E-state index in [0.29, 0.717) is 12.1 Å². The van der Waals surface area contributed by atoms with Crippen LogP contribution in [0.2, 0.25) is 10.0 Å². The monoisotopic (exact) mass is 388 g/mol. The summed E-state index contributed by atoms with van der Waals surface area (Å²) in [5, 5.41) is 0.307. The smallest absolute Gasteiger partial charge is 0.426 e. The number of nitrogens with zero attached hydrogens (tertiary/aromatic N) is 1. The molecular formula is C13H13Cl2F3N2O2S. The number of alkyl halides is 3. The molecule has 0 saturated carbocycles. The van der Waals surface area contributed by atoms with Crippen molar-refractivity contribution in [1.29, 1.82) is 0 Å². The molecule has 2 rings (SSSR count). The van der Waals surface area contributed by atoms with Gasteiger partial charge in [0.15, 0.2) is 6.23 Å². The van der Waals surface area contributed by atoms with Crippen molar-refractivity contribution < 1.29 is 22.7 Å². The number of ether oxygens (including phenoxy) is 1. The predicted molar refractivity (Wildman–Crippen MR) is 84.9 cm³/mol. The van der Waals surface area contributed by atoms with Gasteiger partial charge in [-0.1, -0.05) is 23.2 Å². The summed E-state index contributed by atoms with van der Waals surface area (Å²) in [5.41, 5.74) is 1.71. The van der Waals surface area contributed by atoms with Gasteiger partial charge in [-0.05, 0) is 32.2 Å². The van der Waals surface area contributed by atoms with Crippen molar-refractivity contribution in [2.75, 3.05) is 11.3 Å². The number of carbonyl (C=O) groups is 1. The van der Waals surface area contributed by atoms with Gasteiger partial charge >= 0.3 is 12.3 Å². The number of nitrogens with one attached hydrogen (secondary N) is 1. The fraction of sp³-hybridized carbons (Fsp3) is 0.462. The summed E-state index contributed by atoms with van der Waals surface area (Å²) in [5.74, 6) is 0. The molecule has 10 heteroatoms. The summed E-state index contributed by atoms with van der Waals surface area (Å²) in [6.07, 6.45) is -4.22. The second-order valence-corrected chi connectivity index (χ2v) is 7.60. The van der Waals surface area contributed by atoms with Gasteiger partial charge in [0.1, 0.15) is 5.69 Å². The number of hydrogen-bond donors (Lipinski definition) is 1. The van der Waals surface area contributed by atoms with Crippen LogP contribution in [0.15, 0.2) is 12.1 Å². The largest absolute Gasteiger partial charge is 0.430 e. The standard InChI is InChI=1S/C13H13Cl2F3N2O2S/c1-12(2,23-3)10-19-20(11(21)22-10)9-7(14)4-6(5-8(9)15)13(16,17)18/h4-5,10,19H,1-3H3. The summed E-state index contributed by atoms with van der Waals surface area (Å²) in [7, 11) is 0. The number of hydrogen-bond acceptors (Lipinski definition) is 4. The van der Waals surface area contributed by atoms with Crippen molar-refractivity contribution in [3.05, 3.63) is 27.7 Å². The van der Waals surface area contributed by atoms with Crippen LogP contribution in [-0.2, 0) is 10.9 Å². The molecule has 1 aliphatic heterocycles. The fourth-order valence-corrected chi connectivity index (χ4v) is 2.82. The summed E-state index contributed by atoms with van der Waals surface area (Å²) < 4.78 is 43.0. The number of thioether (sulfide) groups is 1. The molecular weight excluding hydrogens is 376 g/mol. The van der Waals surface area contributed by atoms with E-state index in [2.05, 4.69) is 5.43 Å². The normalized spacial score (nSPS) is 19.2. The van der Waals surface area contributed by atoms with Crippen LogP contribution in [0, 0.1) is 0 Å². The van der Waals surface area contributed by atoms with Crippen LogP contribution in [0.3, 0.4) is 0 Å². The Labute approximate surface area is 145 Å². The van der Waals surface area contributed by atoms with Crippen molar-refractivity contribution in [3.63, 3.8) is 0 Å². The molecule has 1 N–H and O–H groups in total. The highest BCUT2D eigenvalue weighted by atomic mass is 35.5. The lowest BCUT2D eigenvalue weighted by Gasteiger charge is -2.27. The molecule has 0 spiro atoms. The van der Waals surface area contributed by atoms with Crippen LogP contribution >= 0.6 is 35.0 Å². The second-order valence-electron chi connectivity index (χ2n) is 5.32. The minimum atomic E-state index is -4.59. The number of rotatable bonds is 3. The second kappa shape index (κ2) is 6.23. The van der Waals surface area contributed by atoms with Gasteiger partial charge in [0.05, 0.1) is 20.4 Å². The molecule has 1 aliphatic rings. The van der Waals surface area contributed by atoms with E-state index in [1.165, 1.54) is 11.8 Å². The third-order valence-electron chi connectivity index (χ3n) is 3.37. The van der Waals surface area contributed by atoms with Crippen LogP contribution in [0.4, 0.5) is 23.7 Å². The minimum Gasteiger partial charge on any atom is -0.426 e. The molecule has 0 bridgehead atoms. The zero-order valence-electron chi connectivity index (χ0n) is 12.3. The third kappa shape index (κ3) is 3.65. The minimum absolute atomic E-state index is 0.0780. The summed E-state index contributed by atoms with van der Waals surface area (Å²) >= 11 is 13.3. The quantitative estimate of drug-likeness (QED) is 0.795. The van der Waals surface area contributed by atoms with Crippen molar-refractivity contribution >= 4 is 46.7 Å². The van der Waals surface area contributed by atoms with Crippen LogP contribution in [-0.4, -0.2) is 23.3 Å². The van der Waals surface area contributed by atoms with Gasteiger partial charge in [0.25, 0.3) is 0 Å². The van der Waals surface area contributed by atoms with Crippen molar-refractivity contribution in [2.45, 2.75) is 31.0 Å². The number of cyclic esters (lactones) is 1. The molecule has 4 nitrogen and oxygen atoms in total. The van der Waals surface area contributed by atoms with Gasteiger partial charge in [-0.25, -0.2) is 9.80 Å². The first-order valence-electron chi connectivity index (χ1n) is 6.35. The SMILES string of the molecule is CSC(C)(C)C1NN(c2c(Cl)cc(C(F)(F)F)cc2Cl)C(=O)O1. The molecule has 0 aliphatic carbocycles. The van der Waals surface area contributed by atoms with Crippen molar-refractivity contribution in [3.8, 4) is 0 Å². The van der Waals surface area contributed by atoms with Gasteiger partial charge < -0.3 is 4.74 Å². The highest BCUT2D eigenvalue weighted by molar-refractivity contribution is 8.00. The summed E-state index contributed by atoms with van der Waals surface area (Å²) in [6.45, 7) is 3.70. The first kappa shape index (κ1) is 18.5. The predicted octanol–water partition coefficient (Wildman–Crippen LogP) is 4.94. The van der Waals surface area contributed by atoms with Crippen molar-refractivity contribution in [1.82, 2.24) is 5.43 Å². The highest BCUT2D eigenvalue weighted by Gasteiger charge is 2.43. The van der Waals surface area contributed by atoms with Gasteiger partial charge in [0, 0.05) is 0 Å². The maximum atomic E-state index is 12.8. The molecule has 1 unspecified atom stereocenters. The molecule has 1 aromatic carbocycles. The van der Waals surface area contributed by atoms with E-state index in [9.17, 15) is 18.0 Å². The number of halogens is 5. The first-order chi connectivity index (χ1) is 10.5. The molecule has 1 fully saturated rings. The average molecular weight is 389 g/mol. The molecule has 0 radical (unpaired) electrons. The average Bonchev–Trinajstić information content (AvgIpc) is 2.80. The number of hydrazine groups is 1. The molecule has 1 amide bonds. The topological polar surface area (TPSA) is 41.6 Å². The number of benzene rings is 1. The summed E-state index contributed by atoms with van der Waals surface area (Å²) in [4.78, 5) is 12.0. The number of anilines is 1. The van der Waals surface area contributed by atoms with Crippen molar-refractivity contribution in [2.24, 2.45) is 0 Å². The van der Waals surface area contributed by atoms with E-state index < -0.39 is 28.8 Å². The van der Waals surface area contributed by atoms with E-state index in [0.717, 1.165) is 5.01 Å². The Morgan fingerprint density at radius 2 is 1.78 bits per heavy atom. The Kier molecular flexibility index (Phi) is 5.02. The van der Waals surface area contributed by atoms with E-state index in [1.807, 2.05) is 20.1 Å². The third-order valence-corrected chi connectivity index (χ3v) is 5.22. The Hall–Kier alpha value is -0.830. The maximum absolute atomic E-state index is 12.8. The number of amides is 1. The molecule has 128 valence electrons. The fourth-order valence-electron chi connectivity index (χ4n) is 1.85. The van der Waals surface area contributed by atoms with E-state index in [-0.39, 0.29) is 15.7 Å². The first-order valence-corrected chi connectivity index (χ1v) is 8.33. The van der Waals surface area contributed by atoms with Gasteiger partial charge in [-0.15, -0.1) is 0 Å². The molecule has 1 atom stereocenters. The zero-order valence-corrected chi connectivity index (χ0v) is 14.6. The Bertz CT molecular complexity index is 617. The van der Waals surface area contributed by atoms with Crippen LogP contribution in [0.1, 0.15) is 19.4 Å². The molecule has 23 heavy (non-hydrogen) atoms. The molecule has 1 heterocycles. The van der Waals surface area contributed by atoms with Gasteiger partial charge in [-0.2, -0.15) is 30.4 Å². The maximum Gasteiger partial charge on any atom is 0.430 e. The lowest BCUT2D eigenvalue weighted by molar-refractivity contribution is -0.137. The molecule has 1 saturated heterocycles. The van der Waals surface area contributed by atoms with Crippen LogP contribution in [0.5, 0.6) is 0 Å². The molecule has 0 aromatic heterocycles. The van der Waals surface area contributed by atoms with Crippen LogP contribution in [0.25, 0.3) is 0 Å². The van der Waals surface area contributed by atoms with E-state index >= 15 is 0 Å². The lowest BCUT2D eigenvalue weighted by atomic mass is 10.2. The van der Waals surface area contributed by atoms with Gasteiger partial charge in [0.2, 0.25) is 0 Å². The molecule has 1 aromatic rings. The highest BCUT2D eigenvalue weighted by Crippen LogP contribution is 2.41. The van der Waals surface area contributed by atoms with Gasteiger partial charge in [-0.3, -0.25) is 0 Å². The number of carbonyl (C=O) groups excluding carboxylic acids is 1.